The van der Waals surface area contributed by atoms with Gasteiger partial charge in [0.15, 0.2) is 0 Å². The molecule has 1 aromatic carbocycles. The maximum Gasteiger partial charge on any atom is 0.0416 e. The zero-order valence-electron chi connectivity index (χ0n) is 10.7. The molecular formula is C15H22N2. The average Bonchev–Trinajstić information content (AvgIpc) is 2.32. The summed E-state index contributed by atoms with van der Waals surface area (Å²) < 4.78 is 0. The van der Waals surface area contributed by atoms with Gasteiger partial charge in [0, 0.05) is 24.5 Å². The first-order valence-corrected chi connectivity index (χ1v) is 6.84. The van der Waals surface area contributed by atoms with E-state index in [1.165, 1.54) is 50.0 Å². The monoisotopic (exact) mass is 230 g/mol. The molecule has 2 N–H and O–H groups in total. The van der Waals surface area contributed by atoms with E-state index in [0.29, 0.717) is 0 Å². The van der Waals surface area contributed by atoms with Gasteiger partial charge < -0.3 is 10.6 Å². The number of nitrogen functional groups attached to an aromatic ring is 1. The highest BCUT2D eigenvalue weighted by molar-refractivity contribution is 5.64. The van der Waals surface area contributed by atoms with E-state index in [-0.39, 0.29) is 0 Å². The van der Waals surface area contributed by atoms with Crippen LogP contribution in [0.25, 0.3) is 0 Å². The minimum atomic E-state index is 0.920. The highest BCUT2D eigenvalue weighted by atomic mass is 15.1. The molecule has 2 fully saturated rings. The van der Waals surface area contributed by atoms with Gasteiger partial charge in [-0.05, 0) is 55.7 Å². The third-order valence-corrected chi connectivity index (χ3v) is 4.54. The molecule has 1 saturated heterocycles. The summed E-state index contributed by atoms with van der Waals surface area (Å²) >= 11 is 0. The van der Waals surface area contributed by atoms with Crippen LogP contribution in [0.15, 0.2) is 18.2 Å². The molecule has 2 heteroatoms. The van der Waals surface area contributed by atoms with Gasteiger partial charge >= 0.3 is 0 Å². The number of nitrogens with zero attached hydrogens (tertiary/aromatic N) is 1. The molecule has 1 aliphatic heterocycles. The Morgan fingerprint density at radius 3 is 2.59 bits per heavy atom. The molecule has 2 atom stereocenters. The first-order chi connectivity index (χ1) is 8.24. The summed E-state index contributed by atoms with van der Waals surface area (Å²) in [5, 5.41) is 0. The minimum Gasteiger partial charge on any atom is -0.398 e. The van der Waals surface area contributed by atoms with Crippen LogP contribution in [0.4, 0.5) is 11.4 Å². The van der Waals surface area contributed by atoms with Gasteiger partial charge in [-0.3, -0.25) is 0 Å². The minimum absolute atomic E-state index is 0.920. The predicted molar refractivity (Wildman–Crippen MR) is 73.3 cm³/mol. The average molecular weight is 230 g/mol. The van der Waals surface area contributed by atoms with Gasteiger partial charge in [-0.25, -0.2) is 0 Å². The van der Waals surface area contributed by atoms with Crippen molar-refractivity contribution >= 4 is 11.4 Å². The van der Waals surface area contributed by atoms with Crippen LogP contribution < -0.4 is 10.6 Å². The number of piperidine rings is 1. The summed E-state index contributed by atoms with van der Waals surface area (Å²) in [6.07, 6.45) is 5.75. The van der Waals surface area contributed by atoms with E-state index in [0.717, 1.165) is 17.5 Å². The fourth-order valence-electron chi connectivity index (χ4n) is 3.61. The van der Waals surface area contributed by atoms with Crippen molar-refractivity contribution in [2.24, 2.45) is 11.8 Å². The van der Waals surface area contributed by atoms with E-state index in [9.17, 15) is 0 Å². The van der Waals surface area contributed by atoms with Crippen molar-refractivity contribution in [3.63, 3.8) is 0 Å². The summed E-state index contributed by atoms with van der Waals surface area (Å²) in [6.45, 7) is 4.62. The molecule has 1 heterocycles. The molecule has 2 nitrogen and oxygen atoms in total. The SMILES string of the molecule is Cc1c(N)cccc1N1CC2CCCC(C2)C1. The molecule has 3 rings (SSSR count). The summed E-state index contributed by atoms with van der Waals surface area (Å²) in [5.41, 5.74) is 9.56. The lowest BCUT2D eigenvalue weighted by atomic mass is 9.77. The van der Waals surface area contributed by atoms with Gasteiger partial charge in [-0.1, -0.05) is 12.5 Å². The Labute approximate surface area is 104 Å². The highest BCUT2D eigenvalue weighted by Gasteiger charge is 2.30. The lowest BCUT2D eigenvalue weighted by molar-refractivity contribution is 0.231. The van der Waals surface area contributed by atoms with Crippen molar-refractivity contribution in [3.8, 4) is 0 Å². The van der Waals surface area contributed by atoms with Crippen LogP contribution >= 0.6 is 0 Å². The Kier molecular flexibility index (Phi) is 2.73. The number of hydrogen-bond donors (Lipinski definition) is 1. The molecule has 2 bridgehead atoms. The number of nitrogens with two attached hydrogens (primary N) is 1. The van der Waals surface area contributed by atoms with Gasteiger partial charge in [0.25, 0.3) is 0 Å². The molecular weight excluding hydrogens is 208 g/mol. The third kappa shape index (κ3) is 2.01. The number of fused-ring (bicyclic) bond motifs is 2. The Bertz CT molecular complexity index is 401. The zero-order valence-corrected chi connectivity index (χ0v) is 10.7. The van der Waals surface area contributed by atoms with Gasteiger partial charge in [-0.2, -0.15) is 0 Å². The topological polar surface area (TPSA) is 29.3 Å². The molecule has 0 spiro atoms. The largest absolute Gasteiger partial charge is 0.398 e. The smallest absolute Gasteiger partial charge is 0.0416 e. The summed E-state index contributed by atoms with van der Waals surface area (Å²) in [5.74, 6) is 1.84. The van der Waals surface area contributed by atoms with Gasteiger partial charge in [0.1, 0.15) is 0 Å². The zero-order chi connectivity index (χ0) is 11.8. The van der Waals surface area contributed by atoms with Crippen molar-refractivity contribution in [3.05, 3.63) is 23.8 Å². The fourth-order valence-corrected chi connectivity index (χ4v) is 3.61. The maximum atomic E-state index is 6.02. The van der Waals surface area contributed by atoms with E-state index < -0.39 is 0 Å². The quantitative estimate of drug-likeness (QED) is 0.751. The second-order valence-electron chi connectivity index (χ2n) is 5.80. The molecule has 17 heavy (non-hydrogen) atoms. The standard InChI is InChI=1S/C15H22N2/c1-11-14(16)6-3-7-15(11)17-9-12-4-2-5-13(8-12)10-17/h3,6-7,12-13H,2,4-5,8-10,16H2,1H3. The van der Waals surface area contributed by atoms with Crippen molar-refractivity contribution < 1.29 is 0 Å². The van der Waals surface area contributed by atoms with E-state index in [2.05, 4.69) is 24.0 Å². The van der Waals surface area contributed by atoms with Gasteiger partial charge in [-0.15, -0.1) is 0 Å². The number of benzene rings is 1. The Morgan fingerprint density at radius 2 is 1.88 bits per heavy atom. The lowest BCUT2D eigenvalue weighted by Crippen LogP contribution is -2.43. The molecule has 0 amide bonds. The summed E-state index contributed by atoms with van der Waals surface area (Å²) in [4.78, 5) is 2.57. The van der Waals surface area contributed by atoms with Crippen molar-refractivity contribution in [2.75, 3.05) is 23.7 Å². The van der Waals surface area contributed by atoms with Crippen LogP contribution in [-0.2, 0) is 0 Å². The third-order valence-electron chi connectivity index (χ3n) is 4.54. The summed E-state index contributed by atoms with van der Waals surface area (Å²) in [7, 11) is 0. The van der Waals surface area contributed by atoms with Crippen LogP contribution in [0.1, 0.15) is 31.2 Å². The Balaban J connectivity index is 1.86. The Hall–Kier alpha value is -1.18. The first-order valence-electron chi connectivity index (χ1n) is 6.84. The Morgan fingerprint density at radius 1 is 1.18 bits per heavy atom. The first kappa shape index (κ1) is 10.9. The van der Waals surface area contributed by atoms with Crippen LogP contribution in [0.5, 0.6) is 0 Å². The maximum absolute atomic E-state index is 6.02. The van der Waals surface area contributed by atoms with Crippen LogP contribution in [0.2, 0.25) is 0 Å². The van der Waals surface area contributed by atoms with Gasteiger partial charge in [0.05, 0.1) is 0 Å². The van der Waals surface area contributed by atoms with Crippen molar-refractivity contribution in [2.45, 2.75) is 32.6 Å². The number of hydrogen-bond acceptors (Lipinski definition) is 2. The lowest BCUT2D eigenvalue weighted by Gasteiger charge is -2.43. The fraction of sp³-hybridized carbons (Fsp3) is 0.600. The van der Waals surface area contributed by atoms with E-state index >= 15 is 0 Å². The molecule has 0 radical (unpaired) electrons. The van der Waals surface area contributed by atoms with E-state index in [1.807, 2.05) is 6.07 Å². The predicted octanol–water partition coefficient (Wildman–Crippen LogP) is 3.20. The second-order valence-corrected chi connectivity index (χ2v) is 5.80. The molecule has 92 valence electrons. The van der Waals surface area contributed by atoms with Crippen LogP contribution in [-0.4, -0.2) is 13.1 Å². The van der Waals surface area contributed by atoms with Crippen molar-refractivity contribution in [1.82, 2.24) is 0 Å². The normalized spacial score (nSPS) is 28.2. The second kappa shape index (κ2) is 4.25. The molecule has 2 aliphatic rings. The molecule has 1 aliphatic carbocycles. The van der Waals surface area contributed by atoms with Crippen LogP contribution in [0, 0.1) is 18.8 Å². The highest BCUT2D eigenvalue weighted by Crippen LogP contribution is 2.37. The molecule has 2 unspecified atom stereocenters. The summed E-state index contributed by atoms with van der Waals surface area (Å²) in [6, 6.07) is 6.32. The van der Waals surface area contributed by atoms with E-state index in [1.54, 1.807) is 0 Å². The molecule has 0 aromatic heterocycles. The number of anilines is 2. The number of rotatable bonds is 1. The van der Waals surface area contributed by atoms with E-state index in [4.69, 9.17) is 5.73 Å². The van der Waals surface area contributed by atoms with Crippen LogP contribution in [0.3, 0.4) is 0 Å². The molecule has 1 saturated carbocycles. The molecule has 1 aromatic rings. The van der Waals surface area contributed by atoms with Gasteiger partial charge in [0.2, 0.25) is 0 Å². The van der Waals surface area contributed by atoms with Crippen molar-refractivity contribution in [1.29, 1.82) is 0 Å².